The Hall–Kier alpha value is -1.47. The van der Waals surface area contributed by atoms with Crippen molar-refractivity contribution in [3.05, 3.63) is 11.7 Å². The van der Waals surface area contributed by atoms with E-state index in [4.69, 9.17) is 14.0 Å². The van der Waals surface area contributed by atoms with Crippen molar-refractivity contribution in [2.45, 2.75) is 45.3 Å². The van der Waals surface area contributed by atoms with Crippen LogP contribution in [0.4, 0.5) is 0 Å². The maximum absolute atomic E-state index is 12.2. The molecule has 118 valence electrons. The normalized spacial score (nSPS) is 21.2. The predicted molar refractivity (Wildman–Crippen MR) is 74.5 cm³/mol. The molecule has 0 saturated carbocycles. The monoisotopic (exact) mass is 297 g/mol. The number of nitrogens with one attached hydrogen (secondary N) is 1. The summed E-state index contributed by atoms with van der Waals surface area (Å²) in [6.07, 6.45) is 2.07. The lowest BCUT2D eigenvalue weighted by molar-refractivity contribution is -0.135. The Kier molecular flexibility index (Phi) is 5.30. The molecule has 1 aliphatic rings. The quantitative estimate of drug-likeness (QED) is 0.845. The number of aromatic nitrogens is 2. The van der Waals surface area contributed by atoms with Crippen molar-refractivity contribution in [3.63, 3.8) is 0 Å². The van der Waals surface area contributed by atoms with Crippen molar-refractivity contribution in [2.75, 3.05) is 20.3 Å². The van der Waals surface area contributed by atoms with Crippen LogP contribution in [0.2, 0.25) is 0 Å². The Labute approximate surface area is 124 Å². The highest BCUT2D eigenvalue weighted by Gasteiger charge is 2.32. The molecular formula is C14H23N3O4. The average Bonchev–Trinajstić information content (AvgIpc) is 2.89. The second-order valence-corrected chi connectivity index (χ2v) is 5.86. The van der Waals surface area contributed by atoms with Crippen molar-refractivity contribution in [2.24, 2.45) is 5.92 Å². The lowest BCUT2D eigenvalue weighted by atomic mass is 9.88. The number of carbonyl (C=O) groups is 1. The first kappa shape index (κ1) is 15.9. The van der Waals surface area contributed by atoms with Crippen LogP contribution in [0.15, 0.2) is 4.52 Å². The number of hydrogen-bond acceptors (Lipinski definition) is 6. The van der Waals surface area contributed by atoms with Gasteiger partial charge < -0.3 is 19.3 Å². The SMILES string of the molecule is COCCc1noc(CNC(=O)C2CCOC(C)(C)C2)n1. The first-order valence-electron chi connectivity index (χ1n) is 7.22. The summed E-state index contributed by atoms with van der Waals surface area (Å²) < 4.78 is 15.6. The fraction of sp³-hybridized carbons (Fsp3) is 0.786. The Morgan fingerprint density at radius 2 is 2.33 bits per heavy atom. The third-order valence-corrected chi connectivity index (χ3v) is 3.52. The maximum atomic E-state index is 12.2. The summed E-state index contributed by atoms with van der Waals surface area (Å²) in [6, 6.07) is 0. The number of ether oxygens (including phenoxy) is 2. The molecule has 1 N–H and O–H groups in total. The van der Waals surface area contributed by atoms with Crippen LogP contribution in [0.25, 0.3) is 0 Å². The second kappa shape index (κ2) is 7.00. The van der Waals surface area contributed by atoms with Gasteiger partial charge in [-0.2, -0.15) is 4.98 Å². The summed E-state index contributed by atoms with van der Waals surface area (Å²) in [6.45, 7) is 5.44. The fourth-order valence-corrected chi connectivity index (χ4v) is 2.42. The molecule has 1 aromatic heterocycles. The summed E-state index contributed by atoms with van der Waals surface area (Å²) in [5, 5.41) is 6.68. The third kappa shape index (κ3) is 4.78. The summed E-state index contributed by atoms with van der Waals surface area (Å²) >= 11 is 0. The Morgan fingerprint density at radius 1 is 1.52 bits per heavy atom. The van der Waals surface area contributed by atoms with Gasteiger partial charge in [0.05, 0.1) is 18.8 Å². The van der Waals surface area contributed by atoms with Crippen LogP contribution in [0.5, 0.6) is 0 Å². The number of carbonyl (C=O) groups excluding carboxylic acids is 1. The highest BCUT2D eigenvalue weighted by Crippen LogP contribution is 2.28. The molecule has 0 radical (unpaired) electrons. The van der Waals surface area contributed by atoms with Crippen molar-refractivity contribution in [1.29, 1.82) is 0 Å². The second-order valence-electron chi connectivity index (χ2n) is 5.86. The minimum Gasteiger partial charge on any atom is -0.384 e. The standard InChI is InChI=1S/C14H23N3O4/c1-14(2)8-10(4-7-20-14)13(18)15-9-12-16-11(17-21-12)5-6-19-3/h10H,4-9H2,1-3H3,(H,15,18). The van der Waals surface area contributed by atoms with Gasteiger partial charge in [0.15, 0.2) is 5.82 Å². The Morgan fingerprint density at radius 3 is 3.05 bits per heavy atom. The van der Waals surface area contributed by atoms with Crippen molar-refractivity contribution < 1.29 is 18.8 Å². The molecule has 1 aromatic rings. The van der Waals surface area contributed by atoms with E-state index in [-0.39, 0.29) is 24.0 Å². The van der Waals surface area contributed by atoms with Crippen LogP contribution in [-0.2, 0) is 27.2 Å². The first-order valence-corrected chi connectivity index (χ1v) is 7.22. The van der Waals surface area contributed by atoms with Crippen molar-refractivity contribution >= 4 is 5.91 Å². The lowest BCUT2D eigenvalue weighted by Gasteiger charge is -2.34. The Bertz CT molecular complexity index is 473. The molecule has 1 aliphatic heterocycles. The summed E-state index contributed by atoms with van der Waals surface area (Å²) in [7, 11) is 1.62. The van der Waals surface area contributed by atoms with Gasteiger partial charge in [-0.05, 0) is 26.7 Å². The molecule has 0 aromatic carbocycles. The van der Waals surface area contributed by atoms with Gasteiger partial charge in [-0.1, -0.05) is 5.16 Å². The molecule has 1 amide bonds. The number of nitrogens with zero attached hydrogens (tertiary/aromatic N) is 2. The van der Waals surface area contributed by atoms with Crippen molar-refractivity contribution in [3.8, 4) is 0 Å². The van der Waals surface area contributed by atoms with Crippen LogP contribution in [0.1, 0.15) is 38.4 Å². The van der Waals surface area contributed by atoms with E-state index in [1.807, 2.05) is 13.8 Å². The molecule has 0 spiro atoms. The molecule has 21 heavy (non-hydrogen) atoms. The molecule has 1 saturated heterocycles. The van der Waals surface area contributed by atoms with Gasteiger partial charge in [0, 0.05) is 26.1 Å². The number of hydrogen-bond donors (Lipinski definition) is 1. The molecule has 1 fully saturated rings. The van der Waals surface area contributed by atoms with E-state index in [2.05, 4.69) is 15.5 Å². The zero-order valence-corrected chi connectivity index (χ0v) is 12.8. The number of amides is 1. The Balaban J connectivity index is 1.79. The van der Waals surface area contributed by atoms with E-state index in [1.54, 1.807) is 7.11 Å². The van der Waals surface area contributed by atoms with E-state index < -0.39 is 0 Å². The molecule has 0 aliphatic carbocycles. The highest BCUT2D eigenvalue weighted by molar-refractivity contribution is 5.78. The fourth-order valence-electron chi connectivity index (χ4n) is 2.42. The molecular weight excluding hydrogens is 274 g/mol. The first-order chi connectivity index (χ1) is 10.00. The van der Waals surface area contributed by atoms with Crippen LogP contribution in [-0.4, -0.2) is 42.0 Å². The average molecular weight is 297 g/mol. The zero-order valence-electron chi connectivity index (χ0n) is 12.8. The molecule has 2 heterocycles. The van der Waals surface area contributed by atoms with Gasteiger partial charge >= 0.3 is 0 Å². The molecule has 2 rings (SSSR count). The molecule has 1 unspecified atom stereocenters. The van der Waals surface area contributed by atoms with Gasteiger partial charge in [0.2, 0.25) is 11.8 Å². The minimum absolute atomic E-state index is 0.0167. The number of rotatable bonds is 6. The summed E-state index contributed by atoms with van der Waals surface area (Å²) in [5.41, 5.74) is -0.238. The van der Waals surface area contributed by atoms with Crippen LogP contribution in [0, 0.1) is 5.92 Å². The van der Waals surface area contributed by atoms with Gasteiger partial charge in [-0.3, -0.25) is 4.79 Å². The van der Waals surface area contributed by atoms with E-state index >= 15 is 0 Å². The summed E-state index contributed by atoms with van der Waals surface area (Å²) in [4.78, 5) is 16.4. The summed E-state index contributed by atoms with van der Waals surface area (Å²) in [5.74, 6) is 1.00. The molecule has 0 bridgehead atoms. The topological polar surface area (TPSA) is 86.5 Å². The van der Waals surface area contributed by atoms with E-state index in [0.29, 0.717) is 31.3 Å². The van der Waals surface area contributed by atoms with Crippen molar-refractivity contribution in [1.82, 2.24) is 15.5 Å². The third-order valence-electron chi connectivity index (χ3n) is 3.52. The lowest BCUT2D eigenvalue weighted by Crippen LogP contribution is -2.41. The minimum atomic E-state index is -0.238. The largest absolute Gasteiger partial charge is 0.384 e. The molecule has 7 nitrogen and oxygen atoms in total. The van der Waals surface area contributed by atoms with Gasteiger partial charge in [0.25, 0.3) is 0 Å². The number of methoxy groups -OCH3 is 1. The van der Waals surface area contributed by atoms with Gasteiger partial charge in [-0.25, -0.2) is 0 Å². The molecule has 1 atom stereocenters. The van der Waals surface area contributed by atoms with E-state index in [9.17, 15) is 4.79 Å². The van der Waals surface area contributed by atoms with E-state index in [0.717, 1.165) is 12.8 Å². The van der Waals surface area contributed by atoms with Gasteiger partial charge in [0.1, 0.15) is 0 Å². The van der Waals surface area contributed by atoms with Crippen LogP contribution in [0.3, 0.4) is 0 Å². The van der Waals surface area contributed by atoms with E-state index in [1.165, 1.54) is 0 Å². The zero-order chi connectivity index (χ0) is 15.3. The maximum Gasteiger partial charge on any atom is 0.246 e. The highest BCUT2D eigenvalue weighted by atomic mass is 16.5. The molecule has 7 heteroatoms. The van der Waals surface area contributed by atoms with Crippen LogP contribution < -0.4 is 5.32 Å². The predicted octanol–water partition coefficient (Wildman–Crippen LogP) is 1.08. The van der Waals surface area contributed by atoms with Crippen LogP contribution >= 0.6 is 0 Å². The van der Waals surface area contributed by atoms with Gasteiger partial charge in [-0.15, -0.1) is 0 Å². The smallest absolute Gasteiger partial charge is 0.246 e.